The molecular weight excluding hydrogens is 660 g/mol. The highest BCUT2D eigenvalue weighted by Gasteiger charge is 2.29. The molecule has 18 heteroatoms. The fourth-order valence-corrected chi connectivity index (χ4v) is 6.07. The second-order valence-electron chi connectivity index (χ2n) is 14.2. The number of carbonyl (C=O) groups excluding carboxylic acids is 5. The number of carbonyl (C=O) groups is 5. The molecule has 2 saturated carbocycles. The number of Topliss-reactive ketones (excluding diaryl/α,β-unsaturated/α-hetero) is 2. The van der Waals surface area contributed by atoms with Crippen LogP contribution in [0.15, 0.2) is 12.7 Å². The van der Waals surface area contributed by atoms with E-state index in [1.54, 1.807) is 20.8 Å². The third-order valence-corrected chi connectivity index (χ3v) is 8.77. The number of hydrogen-bond acceptors (Lipinski definition) is 13. The number of amides is 3. The molecule has 0 unspecified atom stereocenters. The van der Waals surface area contributed by atoms with Gasteiger partial charge in [0.1, 0.15) is 18.7 Å². The van der Waals surface area contributed by atoms with Crippen LogP contribution in [0.5, 0.6) is 0 Å². The highest BCUT2D eigenvalue weighted by molar-refractivity contribution is 5.90. The van der Waals surface area contributed by atoms with Crippen molar-refractivity contribution in [1.82, 2.24) is 56.4 Å². The zero-order valence-corrected chi connectivity index (χ0v) is 30.3. The Morgan fingerprint density at radius 2 is 1.20 bits per heavy atom. The molecule has 0 aliphatic heterocycles. The molecule has 5 N–H and O–H groups in total. The summed E-state index contributed by atoms with van der Waals surface area (Å²) in [6.45, 7) is 6.43. The molecular formula is C33H56N12O6. The van der Waals surface area contributed by atoms with Gasteiger partial charge in [-0.25, -0.2) is 4.79 Å². The number of hydrogen-bond donors (Lipinski definition) is 4. The topological polar surface area (TPSA) is 244 Å². The first-order chi connectivity index (χ1) is 24.4. The third kappa shape index (κ3) is 16.0. The standard InChI is InChI=1S/C19H32N6O4.C14H24N6O2/c1-19(2,3)29-18(28)20-11-7-6-10-15(16(26)12-25-22-13-21-24-25)23-17(27)14-8-4-5-9-14;15-8-4-3-7-12(13(21)9-20-17-10-16-19-20)18-14(22)11-5-1-2-6-11/h13-15H,4-12H2,1-3H3,(H,20,28)(H,23,27);10-12H,1-9,15H2,(H,18,22)/t15-;12-/m00/s1. The quantitative estimate of drug-likeness (QED) is 0.151. The van der Waals surface area contributed by atoms with Gasteiger partial charge in [-0.2, -0.15) is 9.59 Å². The minimum Gasteiger partial charge on any atom is -0.444 e. The number of unbranched alkanes of at least 4 members (excludes halogenated alkanes) is 2. The zero-order valence-electron chi connectivity index (χ0n) is 30.3. The van der Waals surface area contributed by atoms with Crippen LogP contribution >= 0.6 is 0 Å². The first-order valence-electron chi connectivity index (χ1n) is 18.2. The van der Waals surface area contributed by atoms with Gasteiger partial charge in [0.15, 0.2) is 24.2 Å². The average Bonchev–Trinajstić information content (AvgIpc) is 3.91. The molecule has 2 aliphatic carbocycles. The lowest BCUT2D eigenvalue weighted by atomic mass is 10.0. The number of nitrogens with one attached hydrogen (secondary N) is 3. The van der Waals surface area contributed by atoms with Crippen LogP contribution in [0.1, 0.15) is 111 Å². The number of nitrogens with zero attached hydrogens (tertiary/aromatic N) is 8. The third-order valence-electron chi connectivity index (χ3n) is 8.77. The van der Waals surface area contributed by atoms with Crippen molar-refractivity contribution in [1.29, 1.82) is 0 Å². The monoisotopic (exact) mass is 716 g/mol. The van der Waals surface area contributed by atoms with E-state index in [0.29, 0.717) is 38.8 Å². The van der Waals surface area contributed by atoms with E-state index < -0.39 is 23.8 Å². The molecule has 0 bridgehead atoms. The molecule has 51 heavy (non-hydrogen) atoms. The van der Waals surface area contributed by atoms with Gasteiger partial charge in [0.05, 0.1) is 12.1 Å². The SMILES string of the molecule is CC(C)(C)OC(=O)NCCCC[C@H](NC(=O)C1CCCC1)C(=O)Cn1ncnn1.NCCCC[C@H](NC(=O)C1CCCC1)C(=O)Cn1ncnn1. The highest BCUT2D eigenvalue weighted by Crippen LogP contribution is 2.26. The maximum Gasteiger partial charge on any atom is 0.407 e. The molecule has 2 aromatic heterocycles. The minimum absolute atomic E-state index is 0.00449. The zero-order chi connectivity index (χ0) is 37.1. The van der Waals surface area contributed by atoms with E-state index in [4.69, 9.17) is 10.5 Å². The molecule has 2 fully saturated rings. The van der Waals surface area contributed by atoms with E-state index >= 15 is 0 Å². The number of ketones is 2. The van der Waals surface area contributed by atoms with Crippen molar-refractivity contribution in [2.45, 2.75) is 141 Å². The van der Waals surface area contributed by atoms with Gasteiger partial charge in [-0.15, -0.1) is 20.4 Å². The summed E-state index contributed by atoms with van der Waals surface area (Å²) in [5, 5.41) is 30.8. The Hall–Kier alpha value is -4.35. The Kier molecular flexibility index (Phi) is 17.5. The van der Waals surface area contributed by atoms with Crippen molar-refractivity contribution in [2.75, 3.05) is 13.1 Å². The molecule has 2 atom stereocenters. The van der Waals surface area contributed by atoms with Crippen molar-refractivity contribution >= 4 is 29.5 Å². The molecule has 0 saturated heterocycles. The molecule has 0 aromatic carbocycles. The van der Waals surface area contributed by atoms with Crippen molar-refractivity contribution in [2.24, 2.45) is 17.6 Å². The maximum atomic E-state index is 12.7. The van der Waals surface area contributed by atoms with Gasteiger partial charge in [-0.3, -0.25) is 19.2 Å². The first kappa shape index (κ1) is 41.1. The van der Waals surface area contributed by atoms with E-state index in [-0.39, 0.29) is 48.3 Å². The molecule has 2 aliphatic rings. The van der Waals surface area contributed by atoms with E-state index in [2.05, 4.69) is 46.8 Å². The lowest BCUT2D eigenvalue weighted by Crippen LogP contribution is -2.44. The number of ether oxygens (including phenoxy) is 1. The summed E-state index contributed by atoms with van der Waals surface area (Å²) in [6.07, 6.45) is 14.0. The molecule has 4 rings (SSSR count). The highest BCUT2D eigenvalue weighted by atomic mass is 16.6. The van der Waals surface area contributed by atoms with Crippen LogP contribution < -0.4 is 21.7 Å². The van der Waals surface area contributed by atoms with Crippen molar-refractivity contribution in [3.63, 3.8) is 0 Å². The molecule has 18 nitrogen and oxygen atoms in total. The van der Waals surface area contributed by atoms with Gasteiger partial charge in [-0.05, 0) is 102 Å². The van der Waals surface area contributed by atoms with Crippen LogP contribution in [0, 0.1) is 11.8 Å². The van der Waals surface area contributed by atoms with Gasteiger partial charge < -0.3 is 26.4 Å². The molecule has 3 amide bonds. The van der Waals surface area contributed by atoms with Crippen LogP contribution in [0.3, 0.4) is 0 Å². The lowest BCUT2D eigenvalue weighted by molar-refractivity contribution is -0.130. The van der Waals surface area contributed by atoms with Gasteiger partial charge >= 0.3 is 6.09 Å². The number of nitrogens with two attached hydrogens (primary N) is 1. The van der Waals surface area contributed by atoms with Crippen LogP contribution in [0.2, 0.25) is 0 Å². The molecule has 0 radical (unpaired) electrons. The second-order valence-corrected chi connectivity index (χ2v) is 14.2. The summed E-state index contributed by atoms with van der Waals surface area (Å²) in [6, 6.07) is -1.10. The lowest BCUT2D eigenvalue weighted by Gasteiger charge is -2.20. The Morgan fingerprint density at radius 1 is 0.745 bits per heavy atom. The van der Waals surface area contributed by atoms with E-state index in [1.807, 2.05) is 0 Å². The molecule has 2 heterocycles. The summed E-state index contributed by atoms with van der Waals surface area (Å²) in [5.74, 6) is -0.275. The van der Waals surface area contributed by atoms with Gasteiger partial charge in [-0.1, -0.05) is 25.7 Å². The predicted molar refractivity (Wildman–Crippen MR) is 184 cm³/mol. The summed E-state index contributed by atoms with van der Waals surface area (Å²) >= 11 is 0. The summed E-state index contributed by atoms with van der Waals surface area (Å²) in [7, 11) is 0. The van der Waals surface area contributed by atoms with E-state index in [1.165, 1.54) is 22.2 Å². The number of aromatic nitrogens is 8. The maximum absolute atomic E-state index is 12.7. The van der Waals surface area contributed by atoms with Crippen molar-refractivity contribution in [3.8, 4) is 0 Å². The summed E-state index contributed by atoms with van der Waals surface area (Å²) < 4.78 is 5.19. The smallest absolute Gasteiger partial charge is 0.407 e. The van der Waals surface area contributed by atoms with Crippen molar-refractivity contribution in [3.05, 3.63) is 12.7 Å². The van der Waals surface area contributed by atoms with Crippen LogP contribution in [-0.2, 0) is 37.0 Å². The van der Waals surface area contributed by atoms with Crippen molar-refractivity contribution < 1.29 is 28.7 Å². The molecule has 284 valence electrons. The van der Waals surface area contributed by atoms with E-state index in [9.17, 15) is 24.0 Å². The summed E-state index contributed by atoms with van der Waals surface area (Å²) in [4.78, 5) is 63.9. The minimum atomic E-state index is -0.601. The summed E-state index contributed by atoms with van der Waals surface area (Å²) in [5.41, 5.74) is 4.96. The largest absolute Gasteiger partial charge is 0.444 e. The first-order valence-corrected chi connectivity index (χ1v) is 18.2. The number of tetrazole rings is 2. The normalized spacial score (nSPS) is 16.1. The Morgan fingerprint density at radius 3 is 1.59 bits per heavy atom. The molecule has 2 aromatic rings. The average molecular weight is 717 g/mol. The Bertz CT molecular complexity index is 1340. The van der Waals surface area contributed by atoms with Crippen LogP contribution in [0.4, 0.5) is 4.79 Å². The van der Waals surface area contributed by atoms with E-state index in [0.717, 1.165) is 64.2 Å². The van der Waals surface area contributed by atoms with Crippen LogP contribution in [-0.4, -0.2) is 101 Å². The Labute approximate surface area is 299 Å². The fourth-order valence-electron chi connectivity index (χ4n) is 6.07. The molecule has 0 spiro atoms. The van der Waals surface area contributed by atoms with Gasteiger partial charge in [0.2, 0.25) is 11.8 Å². The Balaban J connectivity index is 0.000000286. The van der Waals surface area contributed by atoms with Gasteiger partial charge in [0, 0.05) is 18.4 Å². The number of alkyl carbamates (subject to hydrolysis) is 1. The second kappa shape index (κ2) is 21.8. The predicted octanol–water partition coefficient (Wildman–Crippen LogP) is 1.66. The van der Waals surface area contributed by atoms with Crippen LogP contribution in [0.25, 0.3) is 0 Å². The fraction of sp³-hybridized carbons (Fsp3) is 0.788. The van der Waals surface area contributed by atoms with Gasteiger partial charge in [0.25, 0.3) is 0 Å². The number of rotatable bonds is 19.